The number of piperidine rings is 1. The summed E-state index contributed by atoms with van der Waals surface area (Å²) in [5.74, 6) is -0.693. The summed E-state index contributed by atoms with van der Waals surface area (Å²) in [7, 11) is 1.56. The molecule has 0 radical (unpaired) electrons. The predicted octanol–water partition coefficient (Wildman–Crippen LogP) is 5.50. The zero-order valence-electron chi connectivity index (χ0n) is 26.0. The van der Waals surface area contributed by atoms with E-state index < -0.39 is 23.8 Å². The van der Waals surface area contributed by atoms with Gasteiger partial charge in [0.1, 0.15) is 29.9 Å². The number of hydrogen-bond acceptors (Lipinski definition) is 7. The van der Waals surface area contributed by atoms with Crippen LogP contribution in [-0.2, 0) is 33.7 Å². The van der Waals surface area contributed by atoms with Gasteiger partial charge in [-0.25, -0.2) is 15.0 Å². The number of halogens is 3. The van der Waals surface area contributed by atoms with Crippen molar-refractivity contribution in [1.29, 1.82) is 0 Å². The highest BCUT2D eigenvalue weighted by molar-refractivity contribution is 6.09. The van der Waals surface area contributed by atoms with Crippen LogP contribution in [0.5, 0.6) is 0 Å². The van der Waals surface area contributed by atoms with E-state index in [0.717, 1.165) is 22.8 Å². The largest absolute Gasteiger partial charge is 0.433 e. The second kappa shape index (κ2) is 11.3. The number of pyridine rings is 1. The third-order valence-electron chi connectivity index (χ3n) is 9.01. The molecule has 13 heteroatoms. The molecule has 2 fully saturated rings. The lowest BCUT2D eigenvalue weighted by Crippen LogP contribution is -2.46. The average Bonchev–Trinajstić information content (AvgIpc) is 3.34. The number of alkyl halides is 3. The molecule has 6 rings (SSSR count). The Kier molecular flexibility index (Phi) is 7.70. The van der Waals surface area contributed by atoms with E-state index in [9.17, 15) is 27.6 Å². The number of fused-ring (bicyclic) bond motifs is 2. The molecule has 4 aromatic rings. The van der Waals surface area contributed by atoms with Crippen LogP contribution in [0.1, 0.15) is 59.7 Å². The monoisotopic (exact) mass is 634 g/mol. The summed E-state index contributed by atoms with van der Waals surface area (Å²) in [6.45, 7) is 6.83. The van der Waals surface area contributed by atoms with Crippen molar-refractivity contribution < 1.29 is 32.3 Å². The summed E-state index contributed by atoms with van der Waals surface area (Å²) < 4.78 is 47.2. The first-order chi connectivity index (χ1) is 21.7. The number of hydrogen-bond donors (Lipinski definition) is 1. The number of rotatable bonds is 8. The smallest absolute Gasteiger partial charge is 0.380 e. The van der Waals surface area contributed by atoms with Crippen LogP contribution in [0.4, 0.5) is 19.0 Å². The minimum atomic E-state index is -4.67. The SMILES string of the molecule is COCc1cc(-c2cnc(C)nc2)cc2c(C(C)=O)cn(CC(=O)N3[C@H](C(=O)Nc4nc(C(F)(F)F)ccc4C)C[C@@]4(C)C[C@@H]34)c12. The molecule has 10 nitrogen and oxygen atoms in total. The molecule has 4 heterocycles. The third-order valence-corrected chi connectivity index (χ3v) is 9.01. The molecule has 2 aliphatic rings. The molecule has 46 heavy (non-hydrogen) atoms. The van der Waals surface area contributed by atoms with Gasteiger partial charge >= 0.3 is 6.18 Å². The van der Waals surface area contributed by atoms with E-state index in [1.54, 1.807) is 49.0 Å². The Labute approximate surface area is 263 Å². The van der Waals surface area contributed by atoms with E-state index in [4.69, 9.17) is 4.74 Å². The van der Waals surface area contributed by atoms with Gasteiger partial charge in [0.05, 0.1) is 12.1 Å². The molecular weight excluding hydrogens is 601 g/mol. The first-order valence-corrected chi connectivity index (χ1v) is 14.8. The highest BCUT2D eigenvalue weighted by Crippen LogP contribution is 2.59. The topological polar surface area (TPSA) is 119 Å². The Balaban J connectivity index is 1.33. The van der Waals surface area contributed by atoms with Crippen molar-refractivity contribution in [3.05, 3.63) is 71.1 Å². The van der Waals surface area contributed by atoms with Crippen LogP contribution in [-0.4, -0.2) is 61.2 Å². The highest BCUT2D eigenvalue weighted by atomic mass is 19.4. The van der Waals surface area contributed by atoms with Gasteiger partial charge in [0, 0.05) is 53.8 Å². The number of likely N-dealkylation sites (tertiary alicyclic amines) is 1. The molecule has 3 atom stereocenters. The van der Waals surface area contributed by atoms with Gasteiger partial charge in [-0.1, -0.05) is 13.0 Å². The number of Topliss-reactive ketones (excluding diaryl/α,β-unsaturated/α-hetero) is 1. The first kappa shape index (κ1) is 31.3. The summed E-state index contributed by atoms with van der Waals surface area (Å²) in [5.41, 5.74) is 2.34. The maximum atomic E-state index is 14.1. The van der Waals surface area contributed by atoms with Gasteiger partial charge in [0.2, 0.25) is 11.8 Å². The average molecular weight is 635 g/mol. The van der Waals surface area contributed by atoms with E-state index in [-0.39, 0.29) is 42.1 Å². The molecule has 0 unspecified atom stereocenters. The fourth-order valence-corrected chi connectivity index (χ4v) is 6.51. The minimum Gasteiger partial charge on any atom is -0.380 e. The predicted molar refractivity (Wildman–Crippen MR) is 163 cm³/mol. The maximum Gasteiger partial charge on any atom is 0.433 e. The van der Waals surface area contributed by atoms with Crippen molar-refractivity contribution in [3.8, 4) is 11.1 Å². The lowest BCUT2D eigenvalue weighted by molar-refractivity contribution is -0.141. The quantitative estimate of drug-likeness (QED) is 0.255. The molecule has 0 bridgehead atoms. The molecule has 1 aliphatic heterocycles. The fourth-order valence-electron chi connectivity index (χ4n) is 6.51. The second-order valence-electron chi connectivity index (χ2n) is 12.5. The first-order valence-electron chi connectivity index (χ1n) is 14.8. The number of anilines is 1. The number of ether oxygens (including phenoxy) is 1. The number of benzene rings is 1. The molecule has 3 aromatic heterocycles. The minimum absolute atomic E-state index is 0.162. The van der Waals surface area contributed by atoms with Crippen LogP contribution >= 0.6 is 0 Å². The van der Waals surface area contributed by atoms with Crippen molar-refractivity contribution in [3.63, 3.8) is 0 Å². The number of methoxy groups -OCH3 is 1. The van der Waals surface area contributed by atoms with Crippen LogP contribution in [0.15, 0.2) is 42.9 Å². The van der Waals surface area contributed by atoms with Crippen LogP contribution in [0.2, 0.25) is 0 Å². The number of nitrogens with zero attached hydrogens (tertiary/aromatic N) is 5. The van der Waals surface area contributed by atoms with E-state index in [2.05, 4.69) is 20.3 Å². The normalized spacial score (nSPS) is 20.6. The van der Waals surface area contributed by atoms with Crippen molar-refractivity contribution in [2.45, 2.75) is 71.9 Å². The number of nitrogens with one attached hydrogen (secondary N) is 1. The molecule has 1 saturated carbocycles. The van der Waals surface area contributed by atoms with Crippen molar-refractivity contribution >= 4 is 34.3 Å². The van der Waals surface area contributed by atoms with Crippen LogP contribution < -0.4 is 5.32 Å². The summed E-state index contributed by atoms with van der Waals surface area (Å²) in [6.07, 6.45) is 1.46. The molecule has 1 aliphatic carbocycles. The zero-order chi connectivity index (χ0) is 33.1. The van der Waals surface area contributed by atoms with Crippen molar-refractivity contribution in [1.82, 2.24) is 24.4 Å². The number of carbonyl (C=O) groups excluding carboxylic acids is 3. The maximum absolute atomic E-state index is 14.1. The van der Waals surface area contributed by atoms with Crippen molar-refractivity contribution in [2.24, 2.45) is 5.41 Å². The van der Waals surface area contributed by atoms with E-state index in [1.165, 1.54) is 13.0 Å². The summed E-state index contributed by atoms with van der Waals surface area (Å²) in [5, 5.41) is 3.19. The van der Waals surface area contributed by atoms with E-state index >= 15 is 0 Å². The summed E-state index contributed by atoms with van der Waals surface area (Å²) in [4.78, 5) is 54.2. The zero-order valence-corrected chi connectivity index (χ0v) is 26.0. The summed E-state index contributed by atoms with van der Waals surface area (Å²) >= 11 is 0. The van der Waals surface area contributed by atoms with Crippen LogP contribution in [0.25, 0.3) is 22.0 Å². The molecule has 2 amide bonds. The lowest BCUT2D eigenvalue weighted by atomic mass is 10.00. The van der Waals surface area contributed by atoms with E-state index in [0.29, 0.717) is 40.7 Å². The standard InChI is InChI=1S/C33H33F3N6O4/c1-17-6-7-26(33(34,35)36)39-30(17)40-31(45)25-10-32(4)11-27(32)42(25)28(44)15-41-14-24(18(2)43)23-9-20(8-21(16-46-5)29(23)41)22-12-37-19(3)38-13-22/h6-9,12-14,25,27H,10-11,15-16H2,1-5H3,(H,39,40,45)/t25-,27+,32-/m0/s1. The molecule has 1 aromatic carbocycles. The van der Waals surface area contributed by atoms with Crippen LogP contribution in [0, 0.1) is 19.3 Å². The second-order valence-corrected chi connectivity index (χ2v) is 12.5. The Morgan fingerprint density at radius 3 is 2.46 bits per heavy atom. The fraction of sp³-hybridized carbons (Fsp3) is 0.394. The Morgan fingerprint density at radius 2 is 1.80 bits per heavy atom. The molecule has 240 valence electrons. The Bertz CT molecular complexity index is 1890. The van der Waals surface area contributed by atoms with Crippen LogP contribution in [0.3, 0.4) is 0 Å². The highest BCUT2D eigenvalue weighted by Gasteiger charge is 2.64. The number of aryl methyl sites for hydroxylation is 2. The van der Waals surface area contributed by atoms with Crippen molar-refractivity contribution in [2.75, 3.05) is 12.4 Å². The van der Waals surface area contributed by atoms with Gasteiger partial charge in [0.25, 0.3) is 0 Å². The molecule has 0 spiro atoms. The number of aromatic nitrogens is 4. The van der Waals surface area contributed by atoms with E-state index in [1.807, 2.05) is 19.1 Å². The third kappa shape index (κ3) is 5.63. The van der Waals surface area contributed by atoms with Gasteiger partial charge in [-0.3, -0.25) is 14.4 Å². The van der Waals surface area contributed by atoms with Gasteiger partial charge in [-0.2, -0.15) is 13.2 Å². The Hall–Kier alpha value is -4.65. The molecule has 1 N–H and O–H groups in total. The Morgan fingerprint density at radius 1 is 1.09 bits per heavy atom. The lowest BCUT2D eigenvalue weighted by Gasteiger charge is -2.27. The van der Waals surface area contributed by atoms with Gasteiger partial charge in [0.15, 0.2) is 5.78 Å². The van der Waals surface area contributed by atoms with Gasteiger partial charge in [-0.05, 0) is 68.4 Å². The number of carbonyl (C=O) groups is 3. The molecular formula is C33H33F3N6O4. The number of amides is 2. The van der Waals surface area contributed by atoms with Gasteiger partial charge in [-0.15, -0.1) is 0 Å². The summed E-state index contributed by atoms with van der Waals surface area (Å²) in [6, 6.07) is 4.81. The number of ketones is 1. The van der Waals surface area contributed by atoms with Gasteiger partial charge < -0.3 is 19.5 Å². The molecule has 1 saturated heterocycles.